The van der Waals surface area contributed by atoms with Crippen LogP contribution in [0.5, 0.6) is 5.75 Å². The van der Waals surface area contributed by atoms with E-state index >= 15 is 0 Å². The van der Waals surface area contributed by atoms with Crippen LogP contribution in [-0.4, -0.2) is 7.11 Å². The highest BCUT2D eigenvalue weighted by Crippen LogP contribution is 2.54. The van der Waals surface area contributed by atoms with Crippen molar-refractivity contribution < 1.29 is 18.3 Å². The van der Waals surface area contributed by atoms with Crippen LogP contribution < -0.4 is 4.74 Å². The fourth-order valence-corrected chi connectivity index (χ4v) is 4.68. The highest BCUT2D eigenvalue weighted by Gasteiger charge is 2.42. The Morgan fingerprint density at radius 1 is 0.875 bits per heavy atom. The first-order valence-electron chi connectivity index (χ1n) is 10.2. The number of benzene rings is 3. The molecule has 0 radical (unpaired) electrons. The fourth-order valence-electron chi connectivity index (χ4n) is 3.97. The normalized spacial score (nSPS) is 18.0. The summed E-state index contributed by atoms with van der Waals surface area (Å²) in [6, 6.07) is 26.1. The van der Waals surface area contributed by atoms with Crippen molar-refractivity contribution in [2.75, 3.05) is 7.11 Å². The standard InChI is InChI=1S/C27H20BrFO3/c1-30-22-13-9-18(10-14-22)24-17-27(28,20-5-3-2-4-6-20)32-26(24)23-15-16-31-25(23)19-7-11-21(29)12-8-19/h2-16H,17H2,1H3. The van der Waals surface area contributed by atoms with Crippen LogP contribution in [0.4, 0.5) is 4.39 Å². The molecular formula is C27H20BrFO3. The SMILES string of the molecule is COc1ccc(C2=C(c3ccoc3-c3ccc(F)cc3)OC(Br)(c3ccccc3)C2)cc1. The van der Waals surface area contributed by atoms with E-state index in [0.29, 0.717) is 12.2 Å². The molecule has 1 aliphatic rings. The zero-order chi connectivity index (χ0) is 22.1. The molecule has 0 saturated heterocycles. The lowest BCUT2D eigenvalue weighted by Crippen LogP contribution is -2.16. The Hall–Kier alpha value is -3.31. The van der Waals surface area contributed by atoms with E-state index in [-0.39, 0.29) is 5.82 Å². The number of hydrogen-bond acceptors (Lipinski definition) is 3. The minimum absolute atomic E-state index is 0.291. The molecule has 1 aromatic heterocycles. The van der Waals surface area contributed by atoms with Crippen molar-refractivity contribution in [1.29, 1.82) is 0 Å². The molecule has 1 unspecified atom stereocenters. The second kappa shape index (κ2) is 8.32. The van der Waals surface area contributed by atoms with Crippen LogP contribution in [0.25, 0.3) is 22.7 Å². The zero-order valence-electron chi connectivity index (χ0n) is 17.3. The van der Waals surface area contributed by atoms with Gasteiger partial charge in [-0.25, -0.2) is 4.39 Å². The Balaban J connectivity index is 1.64. The average Bonchev–Trinajstić information content (AvgIpc) is 3.46. The molecule has 0 amide bonds. The van der Waals surface area contributed by atoms with E-state index in [1.807, 2.05) is 60.7 Å². The molecule has 0 spiro atoms. The molecule has 2 heterocycles. The highest BCUT2D eigenvalue weighted by molar-refractivity contribution is 9.09. The first-order chi connectivity index (χ1) is 15.6. The second-order valence-corrected chi connectivity index (χ2v) is 8.86. The summed E-state index contributed by atoms with van der Waals surface area (Å²) in [6.45, 7) is 0. The molecule has 160 valence electrons. The van der Waals surface area contributed by atoms with Crippen molar-refractivity contribution >= 4 is 27.3 Å². The predicted molar refractivity (Wildman–Crippen MR) is 127 cm³/mol. The largest absolute Gasteiger partial charge is 0.497 e. The number of hydrogen-bond donors (Lipinski definition) is 0. The molecule has 0 bridgehead atoms. The van der Waals surface area contributed by atoms with Gasteiger partial charge in [0.15, 0.2) is 4.51 Å². The van der Waals surface area contributed by atoms with Crippen molar-refractivity contribution in [3.8, 4) is 17.1 Å². The Kier molecular flexibility index (Phi) is 5.35. The van der Waals surface area contributed by atoms with Gasteiger partial charge in [0, 0.05) is 23.1 Å². The van der Waals surface area contributed by atoms with Gasteiger partial charge in [0.2, 0.25) is 0 Å². The molecular weight excluding hydrogens is 471 g/mol. The molecule has 32 heavy (non-hydrogen) atoms. The van der Waals surface area contributed by atoms with Crippen LogP contribution in [0, 0.1) is 5.82 Å². The van der Waals surface area contributed by atoms with E-state index in [1.165, 1.54) is 12.1 Å². The summed E-state index contributed by atoms with van der Waals surface area (Å²) < 4.78 is 30.5. The quantitative estimate of drug-likeness (QED) is 0.269. The smallest absolute Gasteiger partial charge is 0.192 e. The fraction of sp³-hybridized carbons (Fsp3) is 0.111. The second-order valence-electron chi connectivity index (χ2n) is 7.58. The lowest BCUT2D eigenvalue weighted by atomic mass is 9.95. The molecule has 5 rings (SSSR count). The van der Waals surface area contributed by atoms with E-state index in [2.05, 4.69) is 15.9 Å². The average molecular weight is 491 g/mol. The molecule has 0 N–H and O–H groups in total. The van der Waals surface area contributed by atoms with Gasteiger partial charge in [-0.3, -0.25) is 0 Å². The van der Waals surface area contributed by atoms with E-state index in [1.54, 1.807) is 25.5 Å². The number of furan rings is 1. The number of halogens is 2. The third-order valence-electron chi connectivity index (χ3n) is 5.60. The molecule has 0 saturated carbocycles. The number of alkyl halides is 1. The minimum Gasteiger partial charge on any atom is -0.497 e. The van der Waals surface area contributed by atoms with Crippen LogP contribution in [0.15, 0.2) is 95.6 Å². The van der Waals surface area contributed by atoms with Crippen molar-refractivity contribution in [1.82, 2.24) is 0 Å². The van der Waals surface area contributed by atoms with Crippen LogP contribution in [0.3, 0.4) is 0 Å². The number of rotatable bonds is 5. The third-order valence-corrected chi connectivity index (χ3v) is 6.50. The first kappa shape index (κ1) is 20.6. The lowest BCUT2D eigenvalue weighted by Gasteiger charge is -2.24. The van der Waals surface area contributed by atoms with Crippen LogP contribution in [-0.2, 0) is 9.25 Å². The van der Waals surface area contributed by atoms with E-state index in [9.17, 15) is 4.39 Å². The molecule has 4 aromatic rings. The van der Waals surface area contributed by atoms with Crippen LogP contribution >= 0.6 is 15.9 Å². The first-order valence-corrected chi connectivity index (χ1v) is 11.0. The van der Waals surface area contributed by atoms with Gasteiger partial charge in [0.05, 0.1) is 18.9 Å². The summed E-state index contributed by atoms with van der Waals surface area (Å²) in [7, 11) is 1.65. The summed E-state index contributed by atoms with van der Waals surface area (Å²) in [5.74, 6) is 1.86. The Morgan fingerprint density at radius 2 is 1.56 bits per heavy atom. The summed E-state index contributed by atoms with van der Waals surface area (Å²) in [5.41, 5.74) is 4.69. The minimum atomic E-state index is -0.712. The van der Waals surface area contributed by atoms with Gasteiger partial charge in [-0.05, 0) is 64.0 Å². The Labute approximate surface area is 194 Å². The van der Waals surface area contributed by atoms with Gasteiger partial charge < -0.3 is 13.9 Å². The van der Waals surface area contributed by atoms with Gasteiger partial charge in [-0.1, -0.05) is 42.5 Å². The maximum atomic E-state index is 13.5. The molecule has 0 aliphatic carbocycles. The summed E-state index contributed by atoms with van der Waals surface area (Å²) in [4.78, 5) is 0. The van der Waals surface area contributed by atoms with E-state index in [0.717, 1.165) is 39.3 Å². The molecule has 0 fully saturated rings. The maximum Gasteiger partial charge on any atom is 0.192 e. The van der Waals surface area contributed by atoms with Gasteiger partial charge >= 0.3 is 0 Å². The monoisotopic (exact) mass is 490 g/mol. The molecule has 1 atom stereocenters. The van der Waals surface area contributed by atoms with E-state index in [4.69, 9.17) is 13.9 Å². The molecule has 3 nitrogen and oxygen atoms in total. The number of ether oxygens (including phenoxy) is 2. The summed E-state index contributed by atoms with van der Waals surface area (Å²) in [6.07, 6.45) is 2.25. The van der Waals surface area contributed by atoms with Gasteiger partial charge in [-0.15, -0.1) is 0 Å². The zero-order valence-corrected chi connectivity index (χ0v) is 18.9. The van der Waals surface area contributed by atoms with Crippen LogP contribution in [0.1, 0.15) is 23.1 Å². The third kappa shape index (κ3) is 3.73. The predicted octanol–water partition coefficient (Wildman–Crippen LogP) is 7.63. The molecule has 1 aliphatic heterocycles. The Bertz CT molecular complexity index is 1260. The van der Waals surface area contributed by atoms with Gasteiger partial charge in [-0.2, -0.15) is 0 Å². The van der Waals surface area contributed by atoms with Crippen molar-refractivity contribution in [3.63, 3.8) is 0 Å². The molecule has 5 heteroatoms. The topological polar surface area (TPSA) is 31.6 Å². The lowest BCUT2D eigenvalue weighted by molar-refractivity contribution is 0.164. The summed E-state index contributed by atoms with van der Waals surface area (Å²) in [5, 5.41) is 0. The van der Waals surface area contributed by atoms with E-state index < -0.39 is 4.51 Å². The molecule has 3 aromatic carbocycles. The van der Waals surface area contributed by atoms with Crippen molar-refractivity contribution in [3.05, 3.63) is 114 Å². The highest BCUT2D eigenvalue weighted by atomic mass is 79.9. The van der Waals surface area contributed by atoms with Crippen molar-refractivity contribution in [2.24, 2.45) is 0 Å². The number of methoxy groups -OCH3 is 1. The summed E-state index contributed by atoms with van der Waals surface area (Å²) >= 11 is 3.87. The van der Waals surface area contributed by atoms with Gasteiger partial charge in [0.25, 0.3) is 0 Å². The van der Waals surface area contributed by atoms with Gasteiger partial charge in [0.1, 0.15) is 23.1 Å². The maximum absolute atomic E-state index is 13.5. The Morgan fingerprint density at radius 3 is 2.25 bits per heavy atom. The van der Waals surface area contributed by atoms with Crippen molar-refractivity contribution in [2.45, 2.75) is 10.9 Å². The van der Waals surface area contributed by atoms with Crippen LogP contribution in [0.2, 0.25) is 0 Å².